The van der Waals surface area contributed by atoms with E-state index in [0.717, 1.165) is 11.3 Å². The van der Waals surface area contributed by atoms with Crippen molar-refractivity contribution in [3.63, 3.8) is 0 Å². The number of thiazole rings is 1. The molecule has 0 saturated carbocycles. The molecule has 0 saturated heterocycles. The van der Waals surface area contributed by atoms with Crippen LogP contribution in [0.2, 0.25) is 0 Å². The van der Waals surface area contributed by atoms with Gasteiger partial charge >= 0.3 is 0 Å². The summed E-state index contributed by atoms with van der Waals surface area (Å²) in [4.78, 5) is 4.13. The van der Waals surface area contributed by atoms with Gasteiger partial charge in [-0.15, -0.1) is 11.3 Å². The first kappa shape index (κ1) is 9.39. The third-order valence-electron chi connectivity index (χ3n) is 2.00. The van der Waals surface area contributed by atoms with Crippen molar-refractivity contribution in [2.45, 2.75) is 0 Å². The van der Waals surface area contributed by atoms with Gasteiger partial charge < -0.3 is 0 Å². The van der Waals surface area contributed by atoms with Crippen LogP contribution in [-0.2, 0) is 0 Å². The fraction of sp³-hybridized carbons (Fsp3) is 0. The van der Waals surface area contributed by atoms with Crippen LogP contribution in [0.25, 0.3) is 11.3 Å². The minimum Gasteiger partial charge on any atom is -0.245 e. The quantitative estimate of drug-likeness (QED) is 0.728. The lowest BCUT2D eigenvalue weighted by Crippen LogP contribution is -1.88. The van der Waals surface area contributed by atoms with E-state index < -0.39 is 0 Å². The van der Waals surface area contributed by atoms with Gasteiger partial charge in [0.05, 0.1) is 22.3 Å². The average Bonchev–Trinajstić information content (AvgIpc) is 2.81. The van der Waals surface area contributed by atoms with Crippen LogP contribution in [0.3, 0.4) is 0 Å². The zero-order valence-corrected chi connectivity index (χ0v) is 8.45. The van der Waals surface area contributed by atoms with E-state index in [4.69, 9.17) is 10.5 Å². The third kappa shape index (κ3) is 1.59. The molecule has 15 heavy (non-hydrogen) atoms. The molecule has 0 fully saturated rings. The minimum atomic E-state index is 0.392. The number of benzene rings is 1. The van der Waals surface area contributed by atoms with E-state index in [1.165, 1.54) is 11.3 Å². The van der Waals surface area contributed by atoms with Crippen LogP contribution >= 0.6 is 11.3 Å². The molecule has 0 bridgehead atoms. The summed E-state index contributed by atoms with van der Waals surface area (Å²) in [6.07, 6.45) is 0. The van der Waals surface area contributed by atoms with Crippen LogP contribution in [0, 0.1) is 22.7 Å². The van der Waals surface area contributed by atoms with Crippen molar-refractivity contribution in [2.24, 2.45) is 0 Å². The van der Waals surface area contributed by atoms with E-state index >= 15 is 0 Å². The Labute approximate surface area is 90.9 Å². The van der Waals surface area contributed by atoms with E-state index in [-0.39, 0.29) is 0 Å². The van der Waals surface area contributed by atoms with Gasteiger partial charge in [-0.3, -0.25) is 0 Å². The highest BCUT2D eigenvalue weighted by Crippen LogP contribution is 2.25. The largest absolute Gasteiger partial charge is 0.245 e. The molecule has 2 aromatic rings. The van der Waals surface area contributed by atoms with Gasteiger partial charge in [0.15, 0.2) is 0 Å². The summed E-state index contributed by atoms with van der Waals surface area (Å²) >= 11 is 1.46. The lowest BCUT2D eigenvalue weighted by atomic mass is 10.0. The summed E-state index contributed by atoms with van der Waals surface area (Å²) < 4.78 is 0. The predicted octanol–water partition coefficient (Wildman–Crippen LogP) is 2.55. The van der Waals surface area contributed by atoms with Crippen LogP contribution in [0.1, 0.15) is 11.1 Å². The normalized spacial score (nSPS) is 9.20. The summed E-state index contributed by atoms with van der Waals surface area (Å²) in [5.74, 6) is 0. The highest BCUT2D eigenvalue weighted by molar-refractivity contribution is 7.07. The zero-order chi connectivity index (χ0) is 10.7. The highest BCUT2D eigenvalue weighted by atomic mass is 32.1. The molecule has 0 spiro atoms. The van der Waals surface area contributed by atoms with E-state index in [1.54, 1.807) is 23.7 Å². The molecule has 2 rings (SSSR count). The molecule has 4 heteroatoms. The van der Waals surface area contributed by atoms with Crippen molar-refractivity contribution in [2.75, 3.05) is 0 Å². The molecular formula is C11H5N3S. The van der Waals surface area contributed by atoms with Gasteiger partial charge in [0.1, 0.15) is 12.1 Å². The zero-order valence-electron chi connectivity index (χ0n) is 7.64. The molecule has 0 aliphatic rings. The van der Waals surface area contributed by atoms with Gasteiger partial charge in [0.25, 0.3) is 0 Å². The van der Waals surface area contributed by atoms with Gasteiger partial charge in [-0.05, 0) is 6.07 Å². The molecule has 0 unspecified atom stereocenters. The standard InChI is InChI=1S/C11H5N3S/c12-4-8-2-1-3-9(10(8)5-13)11-6-15-7-14-11/h1-3,6-7H. The molecule has 3 nitrogen and oxygen atoms in total. The van der Waals surface area contributed by atoms with E-state index in [1.807, 2.05) is 17.5 Å². The topological polar surface area (TPSA) is 60.5 Å². The Hall–Kier alpha value is -2.17. The summed E-state index contributed by atoms with van der Waals surface area (Å²) in [7, 11) is 0. The maximum atomic E-state index is 9.00. The number of hydrogen-bond donors (Lipinski definition) is 0. The molecule has 1 aromatic carbocycles. The first-order valence-corrected chi connectivity index (χ1v) is 5.13. The second kappa shape index (κ2) is 3.91. The Balaban J connectivity index is 2.70. The number of aromatic nitrogens is 1. The summed E-state index contributed by atoms with van der Waals surface area (Å²) in [6, 6.07) is 9.24. The van der Waals surface area contributed by atoms with Gasteiger partial charge in [-0.1, -0.05) is 12.1 Å². The Bertz CT molecular complexity index is 559. The Morgan fingerprint density at radius 3 is 2.67 bits per heavy atom. The summed E-state index contributed by atoms with van der Waals surface area (Å²) in [5.41, 5.74) is 3.95. The second-order valence-electron chi connectivity index (χ2n) is 2.83. The maximum absolute atomic E-state index is 9.00. The number of nitrogens with zero attached hydrogens (tertiary/aromatic N) is 3. The fourth-order valence-corrected chi connectivity index (χ4v) is 1.88. The van der Waals surface area contributed by atoms with E-state index in [0.29, 0.717) is 11.1 Å². The molecule has 0 amide bonds. The molecule has 0 N–H and O–H groups in total. The molecule has 0 aliphatic carbocycles. The molecule has 1 aromatic heterocycles. The molecule has 0 radical (unpaired) electrons. The average molecular weight is 211 g/mol. The van der Waals surface area contributed by atoms with Crippen molar-refractivity contribution in [3.8, 4) is 23.4 Å². The van der Waals surface area contributed by atoms with Crippen LogP contribution in [-0.4, -0.2) is 4.98 Å². The van der Waals surface area contributed by atoms with Crippen molar-refractivity contribution < 1.29 is 0 Å². The monoisotopic (exact) mass is 211 g/mol. The number of nitriles is 2. The van der Waals surface area contributed by atoms with Crippen LogP contribution in [0.4, 0.5) is 0 Å². The highest BCUT2D eigenvalue weighted by Gasteiger charge is 2.10. The smallest absolute Gasteiger partial charge is 0.101 e. The molecule has 1 heterocycles. The Morgan fingerprint density at radius 1 is 1.20 bits per heavy atom. The van der Waals surface area contributed by atoms with E-state index in [2.05, 4.69) is 4.98 Å². The van der Waals surface area contributed by atoms with Gasteiger partial charge in [0.2, 0.25) is 0 Å². The second-order valence-corrected chi connectivity index (χ2v) is 3.54. The van der Waals surface area contributed by atoms with Crippen molar-refractivity contribution >= 4 is 11.3 Å². The Kier molecular flexibility index (Phi) is 2.45. The maximum Gasteiger partial charge on any atom is 0.101 e. The van der Waals surface area contributed by atoms with Crippen molar-refractivity contribution in [1.29, 1.82) is 10.5 Å². The lowest BCUT2D eigenvalue weighted by molar-refractivity contribution is 1.37. The number of rotatable bonds is 1. The lowest BCUT2D eigenvalue weighted by Gasteiger charge is -2.00. The van der Waals surface area contributed by atoms with Gasteiger partial charge in [-0.25, -0.2) is 4.98 Å². The van der Waals surface area contributed by atoms with Crippen LogP contribution < -0.4 is 0 Å². The molecule has 0 atom stereocenters. The van der Waals surface area contributed by atoms with Crippen molar-refractivity contribution in [1.82, 2.24) is 4.98 Å². The third-order valence-corrected chi connectivity index (χ3v) is 2.59. The summed E-state index contributed by atoms with van der Waals surface area (Å²) in [6.45, 7) is 0. The summed E-state index contributed by atoms with van der Waals surface area (Å²) in [5, 5.41) is 19.7. The minimum absolute atomic E-state index is 0.392. The van der Waals surface area contributed by atoms with E-state index in [9.17, 15) is 0 Å². The predicted molar refractivity (Wildman–Crippen MR) is 57.0 cm³/mol. The molecule has 0 aliphatic heterocycles. The van der Waals surface area contributed by atoms with Crippen LogP contribution in [0.5, 0.6) is 0 Å². The number of hydrogen-bond acceptors (Lipinski definition) is 4. The van der Waals surface area contributed by atoms with Gasteiger partial charge in [-0.2, -0.15) is 10.5 Å². The van der Waals surface area contributed by atoms with Crippen molar-refractivity contribution in [3.05, 3.63) is 40.2 Å². The molecule has 70 valence electrons. The van der Waals surface area contributed by atoms with Gasteiger partial charge in [0, 0.05) is 10.9 Å². The fourth-order valence-electron chi connectivity index (χ4n) is 1.32. The first-order chi connectivity index (χ1) is 7.36. The first-order valence-electron chi connectivity index (χ1n) is 4.18. The SMILES string of the molecule is N#Cc1cccc(-c2cscn2)c1C#N. The molecular weight excluding hydrogens is 206 g/mol. The Morgan fingerprint density at radius 2 is 2.07 bits per heavy atom. The van der Waals surface area contributed by atoms with Crippen LogP contribution in [0.15, 0.2) is 29.1 Å².